The second kappa shape index (κ2) is 11.6. The predicted octanol–water partition coefficient (Wildman–Crippen LogP) is 5.11. The van der Waals surface area contributed by atoms with Crippen molar-refractivity contribution in [3.63, 3.8) is 0 Å². The topological polar surface area (TPSA) is 128 Å². The number of benzene rings is 2. The molecule has 41 heavy (non-hydrogen) atoms. The molecule has 9 nitrogen and oxygen atoms in total. The van der Waals surface area contributed by atoms with E-state index in [0.717, 1.165) is 16.7 Å². The van der Waals surface area contributed by atoms with Crippen LogP contribution in [0, 0.1) is 19.3 Å². The maximum absolute atomic E-state index is 14.0. The van der Waals surface area contributed by atoms with Crippen LogP contribution in [-0.4, -0.2) is 53.9 Å². The molecule has 2 heterocycles. The molecule has 0 saturated heterocycles. The van der Waals surface area contributed by atoms with Gasteiger partial charge in [0.25, 0.3) is 15.9 Å². The number of aryl methyl sites for hydroxylation is 2. The van der Waals surface area contributed by atoms with Gasteiger partial charge in [-0.05, 0) is 67.9 Å². The molecule has 2 aromatic carbocycles. The minimum absolute atomic E-state index is 0. The fourth-order valence-corrected chi connectivity index (χ4v) is 6.62. The van der Waals surface area contributed by atoms with E-state index in [2.05, 4.69) is 35.5 Å². The third-order valence-electron chi connectivity index (χ3n) is 7.50. The number of aromatic nitrogens is 2. The standard InChI is InChI=1S/C30H37N5O4S.ClH/c1-18-8-6-9-19(2)27(18)25-15-26-33-29(32-25)34-40(37,38)24-11-7-10-20(12-24)28(36)35(22-13-21(31)14-22)23(17-39-26)16-30(3,4)5;/h6-12,15,21-23H,13-14,16-17,31H2,1-5H3,(H,32,33,34);1H/t21?,22?,23-;/m1./s1. The molecule has 4 bridgehead atoms. The summed E-state index contributed by atoms with van der Waals surface area (Å²) in [5.74, 6) is -0.103. The van der Waals surface area contributed by atoms with E-state index in [0.29, 0.717) is 30.5 Å². The van der Waals surface area contributed by atoms with Gasteiger partial charge < -0.3 is 15.4 Å². The zero-order valence-corrected chi connectivity index (χ0v) is 25.7. The van der Waals surface area contributed by atoms with Crippen LogP contribution < -0.4 is 15.2 Å². The molecule has 1 atom stereocenters. The zero-order chi connectivity index (χ0) is 28.8. The molecule has 3 aromatic rings. The third-order valence-corrected chi connectivity index (χ3v) is 8.83. The second-order valence-corrected chi connectivity index (χ2v) is 13.8. The van der Waals surface area contributed by atoms with Crippen molar-refractivity contribution in [2.75, 3.05) is 11.3 Å². The van der Waals surface area contributed by atoms with Crippen LogP contribution in [0.5, 0.6) is 5.88 Å². The molecule has 1 aliphatic heterocycles. The summed E-state index contributed by atoms with van der Waals surface area (Å²) in [6.07, 6.45) is 2.03. The van der Waals surface area contributed by atoms with E-state index < -0.39 is 10.0 Å². The van der Waals surface area contributed by atoms with Crippen molar-refractivity contribution in [3.05, 3.63) is 65.2 Å². The predicted molar refractivity (Wildman–Crippen MR) is 162 cm³/mol. The molecule has 0 radical (unpaired) electrons. The fraction of sp³-hybridized carbons (Fsp3) is 0.433. The quantitative estimate of drug-likeness (QED) is 0.428. The van der Waals surface area contributed by atoms with E-state index in [1.54, 1.807) is 18.2 Å². The molecule has 2 aliphatic rings. The highest BCUT2D eigenvalue weighted by atomic mass is 35.5. The van der Waals surface area contributed by atoms with Gasteiger partial charge in [0.1, 0.15) is 6.61 Å². The number of rotatable bonds is 3. The maximum atomic E-state index is 14.0. The Labute approximate surface area is 248 Å². The average Bonchev–Trinajstić information content (AvgIpc) is 2.84. The zero-order valence-electron chi connectivity index (χ0n) is 24.0. The first-order valence-corrected chi connectivity index (χ1v) is 15.1. The van der Waals surface area contributed by atoms with Crippen LogP contribution in [0.25, 0.3) is 11.3 Å². The minimum atomic E-state index is -4.10. The number of nitrogens with one attached hydrogen (secondary N) is 1. The summed E-state index contributed by atoms with van der Waals surface area (Å²) in [5, 5.41) is 0. The number of nitrogens with zero attached hydrogens (tertiary/aromatic N) is 3. The molecular formula is C30H38ClN5O4S. The van der Waals surface area contributed by atoms with Crippen molar-refractivity contribution in [3.8, 4) is 17.1 Å². The number of hydrogen-bond acceptors (Lipinski definition) is 7. The van der Waals surface area contributed by atoms with E-state index in [4.69, 9.17) is 10.5 Å². The van der Waals surface area contributed by atoms with Gasteiger partial charge in [0, 0.05) is 29.3 Å². The number of amides is 1. The Morgan fingerprint density at radius 2 is 1.71 bits per heavy atom. The van der Waals surface area contributed by atoms with Crippen molar-refractivity contribution in [1.29, 1.82) is 0 Å². The third kappa shape index (κ3) is 6.66. The molecule has 11 heteroatoms. The van der Waals surface area contributed by atoms with E-state index in [-0.39, 0.29) is 65.2 Å². The molecular weight excluding hydrogens is 562 g/mol. The van der Waals surface area contributed by atoms with Gasteiger partial charge in [-0.15, -0.1) is 12.4 Å². The number of sulfonamides is 1. The van der Waals surface area contributed by atoms with Crippen molar-refractivity contribution < 1.29 is 17.9 Å². The lowest BCUT2D eigenvalue weighted by atomic mass is 9.82. The summed E-state index contributed by atoms with van der Waals surface area (Å²) < 4.78 is 35.7. The highest BCUT2D eigenvalue weighted by Gasteiger charge is 2.40. The number of ether oxygens (including phenoxy) is 1. The fourth-order valence-electron chi connectivity index (χ4n) is 5.63. The SMILES string of the molecule is Cc1cccc(C)c1-c1cc2nc(n1)NS(=O)(=O)c1cccc(c1)C(=O)N(C1CC(N)C1)[C@H](CC(C)(C)C)CO2.Cl. The number of carbonyl (C=O) groups is 1. The number of halogens is 1. The minimum Gasteiger partial charge on any atom is -0.475 e. The molecule has 5 rings (SSSR count). The van der Waals surface area contributed by atoms with E-state index in [1.807, 2.05) is 36.9 Å². The normalized spacial score (nSPS) is 22.0. The van der Waals surface area contributed by atoms with Crippen LogP contribution in [0.3, 0.4) is 0 Å². The molecule has 1 fully saturated rings. The first-order chi connectivity index (χ1) is 18.8. The van der Waals surface area contributed by atoms with Gasteiger partial charge in [-0.3, -0.25) is 4.79 Å². The number of fused-ring (bicyclic) bond motifs is 4. The van der Waals surface area contributed by atoms with Crippen LogP contribution >= 0.6 is 12.4 Å². The lowest BCUT2D eigenvalue weighted by Gasteiger charge is -2.46. The summed E-state index contributed by atoms with van der Waals surface area (Å²) in [4.78, 5) is 24.9. The number of hydrogen-bond donors (Lipinski definition) is 2. The lowest BCUT2D eigenvalue weighted by molar-refractivity contribution is 0.0202. The summed E-state index contributed by atoms with van der Waals surface area (Å²) in [6, 6.07) is 13.4. The number of carbonyl (C=O) groups excluding carboxylic acids is 1. The van der Waals surface area contributed by atoms with E-state index in [1.165, 1.54) is 12.1 Å². The summed E-state index contributed by atoms with van der Waals surface area (Å²) in [6.45, 7) is 10.5. The Morgan fingerprint density at radius 3 is 2.34 bits per heavy atom. The molecule has 0 spiro atoms. The summed E-state index contributed by atoms with van der Waals surface area (Å²) in [5.41, 5.74) is 9.75. The molecule has 220 valence electrons. The van der Waals surface area contributed by atoms with Gasteiger partial charge in [-0.2, -0.15) is 4.98 Å². The van der Waals surface area contributed by atoms with Gasteiger partial charge >= 0.3 is 0 Å². The summed E-state index contributed by atoms with van der Waals surface area (Å²) >= 11 is 0. The molecule has 1 aromatic heterocycles. The Hall–Kier alpha value is -3.21. The number of anilines is 1. The van der Waals surface area contributed by atoms with E-state index >= 15 is 0 Å². The Morgan fingerprint density at radius 1 is 1.05 bits per heavy atom. The highest BCUT2D eigenvalue weighted by molar-refractivity contribution is 7.92. The smallest absolute Gasteiger partial charge is 0.264 e. The Balaban J connectivity index is 0.00000387. The second-order valence-electron chi connectivity index (χ2n) is 12.1. The van der Waals surface area contributed by atoms with Crippen LogP contribution in [0.15, 0.2) is 53.4 Å². The molecule has 1 saturated carbocycles. The van der Waals surface area contributed by atoms with Crippen molar-refractivity contribution >= 4 is 34.3 Å². The van der Waals surface area contributed by atoms with Crippen molar-refractivity contribution in [1.82, 2.24) is 14.9 Å². The summed E-state index contributed by atoms with van der Waals surface area (Å²) in [7, 11) is -4.10. The first kappa shape index (κ1) is 30.7. The lowest BCUT2D eigenvalue weighted by Crippen LogP contribution is -2.58. The average molecular weight is 600 g/mol. The molecule has 1 aliphatic carbocycles. The van der Waals surface area contributed by atoms with Crippen molar-refractivity contribution in [2.45, 2.75) is 76.9 Å². The van der Waals surface area contributed by atoms with Gasteiger partial charge in [0.15, 0.2) is 0 Å². The van der Waals surface area contributed by atoms with Crippen LogP contribution in [0.2, 0.25) is 0 Å². The van der Waals surface area contributed by atoms with E-state index in [9.17, 15) is 13.2 Å². The molecule has 3 N–H and O–H groups in total. The maximum Gasteiger partial charge on any atom is 0.264 e. The van der Waals surface area contributed by atoms with Gasteiger partial charge in [0.2, 0.25) is 11.8 Å². The van der Waals surface area contributed by atoms with Crippen LogP contribution in [0.1, 0.15) is 61.5 Å². The first-order valence-electron chi connectivity index (χ1n) is 13.6. The molecule has 1 amide bonds. The largest absolute Gasteiger partial charge is 0.475 e. The van der Waals surface area contributed by atoms with Gasteiger partial charge in [-0.25, -0.2) is 18.1 Å². The molecule has 0 unspecified atom stereocenters. The Kier molecular flexibility index (Phi) is 8.68. The number of nitrogens with two attached hydrogens (primary N) is 1. The van der Waals surface area contributed by atoms with Gasteiger partial charge in [-0.1, -0.05) is 45.0 Å². The van der Waals surface area contributed by atoms with Gasteiger partial charge in [0.05, 0.1) is 16.6 Å². The highest BCUT2D eigenvalue weighted by Crippen LogP contribution is 2.34. The monoisotopic (exact) mass is 599 g/mol. The van der Waals surface area contributed by atoms with Crippen LogP contribution in [0.4, 0.5) is 5.95 Å². The Bertz CT molecular complexity index is 1530. The van der Waals surface area contributed by atoms with Crippen LogP contribution in [-0.2, 0) is 10.0 Å². The van der Waals surface area contributed by atoms with Crippen molar-refractivity contribution in [2.24, 2.45) is 11.1 Å².